The number of thiophene rings is 1. The first-order chi connectivity index (χ1) is 13.2. The van der Waals surface area contributed by atoms with E-state index < -0.39 is 0 Å². The molecular weight excluding hydrogens is 358 g/mol. The largest absolute Gasteiger partial charge is 0.348 e. The number of rotatable bonds is 4. The molecule has 6 heteroatoms. The molecule has 3 amide bonds. The topological polar surface area (TPSA) is 52.7 Å². The van der Waals surface area contributed by atoms with Crippen LogP contribution in [-0.2, 0) is 4.79 Å². The van der Waals surface area contributed by atoms with Gasteiger partial charge in [-0.15, -0.1) is 11.3 Å². The zero-order chi connectivity index (χ0) is 18.6. The molecule has 2 saturated heterocycles. The maximum absolute atomic E-state index is 13.0. The standard InChI is InChI=1S/C21H31N3O2S/c25-20(22-19(16-6-1-2-7-16)18-8-5-15-27-18)17-9-13-24(14-10-17)21(26)23-11-3-4-12-23/h5,8,15-17,19H,1-4,6-7,9-14H2,(H,22,25). The molecule has 0 aromatic carbocycles. The molecule has 1 aromatic rings. The van der Waals surface area contributed by atoms with Gasteiger partial charge in [0.25, 0.3) is 0 Å². The molecule has 5 nitrogen and oxygen atoms in total. The normalized spacial score (nSPS) is 23.0. The van der Waals surface area contributed by atoms with Gasteiger partial charge in [-0.3, -0.25) is 4.79 Å². The molecule has 148 valence electrons. The maximum Gasteiger partial charge on any atom is 0.319 e. The minimum Gasteiger partial charge on any atom is -0.348 e. The van der Waals surface area contributed by atoms with Gasteiger partial charge in [-0.05, 0) is 55.9 Å². The molecule has 1 aromatic heterocycles. The Morgan fingerprint density at radius 3 is 2.26 bits per heavy atom. The van der Waals surface area contributed by atoms with Gasteiger partial charge in [0.05, 0.1) is 6.04 Å². The lowest BCUT2D eigenvalue weighted by molar-refractivity contribution is -0.127. The third-order valence-corrected chi connectivity index (χ3v) is 7.49. The van der Waals surface area contributed by atoms with Crippen molar-refractivity contribution in [3.8, 4) is 0 Å². The molecule has 0 spiro atoms. The Morgan fingerprint density at radius 2 is 1.63 bits per heavy atom. The monoisotopic (exact) mass is 389 g/mol. The molecule has 0 radical (unpaired) electrons. The van der Waals surface area contributed by atoms with Gasteiger partial charge in [-0.1, -0.05) is 18.9 Å². The van der Waals surface area contributed by atoms with Crippen molar-refractivity contribution < 1.29 is 9.59 Å². The SMILES string of the molecule is O=C(NC(c1cccs1)C1CCCC1)C1CCN(C(=O)N2CCCC2)CC1. The summed E-state index contributed by atoms with van der Waals surface area (Å²) in [6, 6.07) is 4.58. The van der Waals surface area contributed by atoms with E-state index in [-0.39, 0.29) is 23.9 Å². The van der Waals surface area contributed by atoms with Crippen LogP contribution in [0.3, 0.4) is 0 Å². The maximum atomic E-state index is 13.0. The Bertz CT molecular complexity index is 628. The summed E-state index contributed by atoms with van der Waals surface area (Å²) in [5.41, 5.74) is 0. The van der Waals surface area contributed by atoms with E-state index in [1.165, 1.54) is 30.6 Å². The summed E-state index contributed by atoms with van der Waals surface area (Å²) in [5, 5.41) is 5.49. The number of nitrogens with one attached hydrogen (secondary N) is 1. The summed E-state index contributed by atoms with van der Waals surface area (Å²) >= 11 is 1.75. The Balaban J connectivity index is 1.32. The number of hydrogen-bond donors (Lipinski definition) is 1. The third-order valence-electron chi connectivity index (χ3n) is 6.53. The molecule has 1 atom stereocenters. The van der Waals surface area contributed by atoms with E-state index in [9.17, 15) is 9.59 Å². The molecule has 1 N–H and O–H groups in total. The second-order valence-corrected chi connectivity index (χ2v) is 9.26. The number of piperidine rings is 1. The fraction of sp³-hybridized carbons (Fsp3) is 0.714. The van der Waals surface area contributed by atoms with Crippen molar-refractivity contribution in [1.82, 2.24) is 15.1 Å². The third kappa shape index (κ3) is 4.31. The van der Waals surface area contributed by atoms with Gasteiger partial charge in [0.2, 0.25) is 5.91 Å². The summed E-state index contributed by atoms with van der Waals surface area (Å²) in [7, 11) is 0. The predicted octanol–water partition coefficient (Wildman–Crippen LogP) is 4.02. The molecule has 1 saturated carbocycles. The predicted molar refractivity (Wildman–Crippen MR) is 108 cm³/mol. The smallest absolute Gasteiger partial charge is 0.319 e. The van der Waals surface area contributed by atoms with Crippen LogP contribution in [0.2, 0.25) is 0 Å². The lowest BCUT2D eigenvalue weighted by atomic mass is 9.92. The van der Waals surface area contributed by atoms with Gasteiger partial charge < -0.3 is 15.1 Å². The van der Waals surface area contributed by atoms with E-state index in [1.54, 1.807) is 11.3 Å². The Hall–Kier alpha value is -1.56. The van der Waals surface area contributed by atoms with Gasteiger partial charge in [0.15, 0.2) is 0 Å². The first kappa shape index (κ1) is 18.8. The van der Waals surface area contributed by atoms with Crippen LogP contribution in [-0.4, -0.2) is 47.9 Å². The van der Waals surface area contributed by atoms with Gasteiger partial charge in [-0.25, -0.2) is 4.79 Å². The first-order valence-corrected chi connectivity index (χ1v) is 11.5. The summed E-state index contributed by atoms with van der Waals surface area (Å²) < 4.78 is 0. The fourth-order valence-electron chi connectivity index (χ4n) is 4.89. The van der Waals surface area contributed by atoms with Crippen molar-refractivity contribution in [1.29, 1.82) is 0 Å². The number of hydrogen-bond acceptors (Lipinski definition) is 3. The van der Waals surface area contributed by atoms with Gasteiger partial charge in [-0.2, -0.15) is 0 Å². The van der Waals surface area contributed by atoms with Crippen molar-refractivity contribution in [3.05, 3.63) is 22.4 Å². The fourth-order valence-corrected chi connectivity index (χ4v) is 5.76. The first-order valence-electron chi connectivity index (χ1n) is 10.6. The van der Waals surface area contributed by atoms with Crippen LogP contribution in [0.15, 0.2) is 17.5 Å². The zero-order valence-corrected chi connectivity index (χ0v) is 16.9. The number of nitrogens with zero attached hydrogens (tertiary/aromatic N) is 2. The summed E-state index contributed by atoms with van der Waals surface area (Å²) in [5.74, 6) is 0.800. The average molecular weight is 390 g/mol. The van der Waals surface area contributed by atoms with Crippen molar-refractivity contribution >= 4 is 23.3 Å². The number of carbonyl (C=O) groups excluding carboxylic acids is 2. The molecule has 3 fully saturated rings. The Morgan fingerprint density at radius 1 is 0.963 bits per heavy atom. The minimum absolute atomic E-state index is 0.0384. The molecule has 0 bridgehead atoms. The van der Waals surface area contributed by atoms with Crippen LogP contribution in [0.5, 0.6) is 0 Å². The van der Waals surface area contributed by atoms with Crippen LogP contribution in [0.1, 0.15) is 62.3 Å². The van der Waals surface area contributed by atoms with E-state index in [2.05, 4.69) is 22.8 Å². The Labute approximate surface area is 166 Å². The summed E-state index contributed by atoms with van der Waals surface area (Å²) in [6.45, 7) is 3.20. The number of amides is 3. The van der Waals surface area contributed by atoms with E-state index in [4.69, 9.17) is 0 Å². The van der Waals surface area contributed by atoms with Crippen LogP contribution in [0, 0.1) is 11.8 Å². The van der Waals surface area contributed by atoms with E-state index in [1.807, 2.05) is 9.80 Å². The highest BCUT2D eigenvalue weighted by atomic mass is 32.1. The van der Waals surface area contributed by atoms with Gasteiger partial charge >= 0.3 is 6.03 Å². The highest BCUT2D eigenvalue weighted by molar-refractivity contribution is 7.10. The van der Waals surface area contributed by atoms with E-state index in [0.29, 0.717) is 19.0 Å². The minimum atomic E-state index is 0.0384. The molecular formula is C21H31N3O2S. The second-order valence-electron chi connectivity index (χ2n) is 8.28. The lowest BCUT2D eigenvalue weighted by Gasteiger charge is -2.35. The van der Waals surface area contributed by atoms with Gasteiger partial charge in [0.1, 0.15) is 0 Å². The van der Waals surface area contributed by atoms with E-state index in [0.717, 1.165) is 38.8 Å². The van der Waals surface area contributed by atoms with Crippen molar-refractivity contribution in [3.63, 3.8) is 0 Å². The quantitative estimate of drug-likeness (QED) is 0.845. The number of likely N-dealkylation sites (tertiary alicyclic amines) is 2. The highest BCUT2D eigenvalue weighted by Gasteiger charge is 2.33. The molecule has 3 aliphatic rings. The van der Waals surface area contributed by atoms with Crippen LogP contribution >= 0.6 is 11.3 Å². The zero-order valence-electron chi connectivity index (χ0n) is 16.1. The van der Waals surface area contributed by atoms with Crippen molar-refractivity contribution in [2.75, 3.05) is 26.2 Å². The van der Waals surface area contributed by atoms with Crippen molar-refractivity contribution in [2.24, 2.45) is 11.8 Å². The number of urea groups is 1. The van der Waals surface area contributed by atoms with Crippen LogP contribution in [0.25, 0.3) is 0 Å². The highest BCUT2D eigenvalue weighted by Crippen LogP contribution is 2.37. The van der Waals surface area contributed by atoms with Gasteiger partial charge in [0, 0.05) is 37.0 Å². The van der Waals surface area contributed by atoms with Crippen molar-refractivity contribution in [2.45, 2.75) is 57.4 Å². The van der Waals surface area contributed by atoms with Crippen LogP contribution in [0.4, 0.5) is 4.79 Å². The van der Waals surface area contributed by atoms with Crippen LogP contribution < -0.4 is 5.32 Å². The molecule has 4 rings (SSSR count). The Kier molecular flexibility index (Phi) is 6.01. The van der Waals surface area contributed by atoms with E-state index >= 15 is 0 Å². The lowest BCUT2D eigenvalue weighted by Crippen LogP contribution is -2.48. The summed E-state index contributed by atoms with van der Waals surface area (Å²) in [4.78, 5) is 30.7. The molecule has 1 unspecified atom stereocenters. The summed E-state index contributed by atoms with van der Waals surface area (Å²) in [6.07, 6.45) is 8.79. The number of carbonyl (C=O) groups is 2. The molecule has 1 aliphatic carbocycles. The molecule has 2 aliphatic heterocycles. The average Bonchev–Trinajstić information content (AvgIpc) is 3.48. The molecule has 3 heterocycles. The second kappa shape index (κ2) is 8.63. The molecule has 27 heavy (non-hydrogen) atoms.